The molecule has 0 spiro atoms. The van der Waals surface area contributed by atoms with Gasteiger partial charge >= 0.3 is 0 Å². The van der Waals surface area contributed by atoms with Gasteiger partial charge in [-0.05, 0) is 48.6 Å². The molecule has 0 radical (unpaired) electrons. The molecule has 0 fully saturated rings. The Bertz CT molecular complexity index is 877. The fourth-order valence-electron chi connectivity index (χ4n) is 3.55. The third-order valence-corrected chi connectivity index (χ3v) is 5.13. The van der Waals surface area contributed by atoms with Gasteiger partial charge in [-0.15, -0.1) is 0 Å². The molecule has 1 amide bonds. The zero-order valence-electron chi connectivity index (χ0n) is 18.8. The average molecular weight is 423 g/mol. The first kappa shape index (κ1) is 22.7. The summed E-state index contributed by atoms with van der Waals surface area (Å²) >= 11 is 0. The predicted octanol–water partition coefficient (Wildman–Crippen LogP) is 3.95. The van der Waals surface area contributed by atoms with Crippen LogP contribution in [0, 0.1) is 5.92 Å². The minimum atomic E-state index is 0.0534. The summed E-state index contributed by atoms with van der Waals surface area (Å²) in [7, 11) is 0. The highest BCUT2D eigenvalue weighted by atomic mass is 16.5. The number of ether oxygens (including phenoxy) is 1. The lowest BCUT2D eigenvalue weighted by Gasteiger charge is -2.24. The summed E-state index contributed by atoms with van der Waals surface area (Å²) in [6, 6.07) is 16.3. The number of aliphatic imine (C=N–C) groups is 1. The van der Waals surface area contributed by atoms with E-state index in [1.807, 2.05) is 30.3 Å². The molecule has 1 heterocycles. The van der Waals surface area contributed by atoms with Crippen molar-refractivity contribution in [1.82, 2.24) is 10.6 Å². The molecule has 0 saturated heterocycles. The molecule has 3 rings (SSSR count). The second-order valence-electron chi connectivity index (χ2n) is 8.28. The number of hydrogen-bond donors (Lipinski definition) is 3. The Morgan fingerprint density at radius 2 is 1.94 bits per heavy atom. The number of amides is 1. The molecule has 1 aliphatic heterocycles. The normalized spacial score (nSPS) is 15.9. The Labute approximate surface area is 185 Å². The second kappa shape index (κ2) is 11.4. The lowest BCUT2D eigenvalue weighted by molar-refractivity contribution is -0.116. The maximum atomic E-state index is 12.0. The number of guanidine groups is 1. The molecular weight excluding hydrogens is 388 g/mol. The summed E-state index contributed by atoms with van der Waals surface area (Å²) in [6.07, 6.45) is 1.36. The first-order chi connectivity index (χ1) is 15.0. The summed E-state index contributed by atoms with van der Waals surface area (Å²) in [4.78, 5) is 16.8. The number of fused-ring (bicyclic) bond motifs is 1. The van der Waals surface area contributed by atoms with Crippen molar-refractivity contribution in [2.75, 3.05) is 31.6 Å². The van der Waals surface area contributed by atoms with Gasteiger partial charge in [0.15, 0.2) is 5.96 Å². The smallest absolute Gasteiger partial charge is 0.225 e. The molecular formula is C25H34N4O2. The first-order valence-electron chi connectivity index (χ1n) is 11.2. The van der Waals surface area contributed by atoms with Crippen molar-refractivity contribution in [3.8, 4) is 5.75 Å². The monoisotopic (exact) mass is 422 g/mol. The summed E-state index contributed by atoms with van der Waals surface area (Å²) in [6.45, 7) is 9.21. The van der Waals surface area contributed by atoms with E-state index in [1.54, 1.807) is 0 Å². The van der Waals surface area contributed by atoms with Crippen molar-refractivity contribution in [2.24, 2.45) is 10.9 Å². The van der Waals surface area contributed by atoms with Crippen LogP contribution in [0.5, 0.6) is 5.75 Å². The summed E-state index contributed by atoms with van der Waals surface area (Å²) in [5, 5.41) is 9.65. The van der Waals surface area contributed by atoms with Gasteiger partial charge in [-0.25, -0.2) is 0 Å². The Balaban J connectivity index is 1.53. The lowest BCUT2D eigenvalue weighted by Crippen LogP contribution is -2.38. The summed E-state index contributed by atoms with van der Waals surface area (Å²) in [5.41, 5.74) is 3.30. The zero-order valence-corrected chi connectivity index (χ0v) is 18.8. The molecule has 31 heavy (non-hydrogen) atoms. The minimum Gasteiger partial charge on any atom is -0.493 e. The highest BCUT2D eigenvalue weighted by molar-refractivity contribution is 5.94. The Hall–Kier alpha value is -3.02. The number of benzene rings is 2. The van der Waals surface area contributed by atoms with Crippen molar-refractivity contribution in [3.63, 3.8) is 0 Å². The number of para-hydroxylation sites is 1. The SMILES string of the molecule is CCNC(=NCC1CC(=O)Nc2ccccc21)NCCc1ccc(OCC(C)C)cc1. The largest absolute Gasteiger partial charge is 0.493 e. The van der Waals surface area contributed by atoms with Crippen LogP contribution in [0.15, 0.2) is 53.5 Å². The molecule has 2 aromatic rings. The fourth-order valence-corrected chi connectivity index (χ4v) is 3.55. The number of carbonyl (C=O) groups excluding carboxylic acids is 1. The number of nitrogens with one attached hydrogen (secondary N) is 3. The average Bonchev–Trinajstić information content (AvgIpc) is 2.76. The Morgan fingerprint density at radius 1 is 1.16 bits per heavy atom. The van der Waals surface area contributed by atoms with E-state index >= 15 is 0 Å². The van der Waals surface area contributed by atoms with Crippen LogP contribution in [0.3, 0.4) is 0 Å². The van der Waals surface area contributed by atoms with Crippen molar-refractivity contribution in [2.45, 2.75) is 39.5 Å². The highest BCUT2D eigenvalue weighted by Gasteiger charge is 2.24. The molecule has 6 heteroatoms. The molecule has 1 atom stereocenters. The molecule has 0 bridgehead atoms. The van der Waals surface area contributed by atoms with Gasteiger partial charge in [-0.1, -0.05) is 44.2 Å². The van der Waals surface area contributed by atoms with Gasteiger partial charge in [0.05, 0.1) is 13.2 Å². The van der Waals surface area contributed by atoms with E-state index in [-0.39, 0.29) is 11.8 Å². The number of rotatable bonds is 9. The van der Waals surface area contributed by atoms with Gasteiger partial charge in [0, 0.05) is 31.1 Å². The third kappa shape index (κ3) is 7.02. The Kier molecular flexibility index (Phi) is 8.33. The molecule has 166 valence electrons. The third-order valence-electron chi connectivity index (χ3n) is 5.13. The molecule has 1 unspecified atom stereocenters. The fraction of sp³-hybridized carbons (Fsp3) is 0.440. The van der Waals surface area contributed by atoms with Gasteiger partial charge in [0.2, 0.25) is 5.91 Å². The quantitative estimate of drug-likeness (QED) is 0.423. The molecule has 2 aromatic carbocycles. The molecule has 6 nitrogen and oxygen atoms in total. The van der Waals surface area contributed by atoms with Crippen LogP contribution in [0.25, 0.3) is 0 Å². The Morgan fingerprint density at radius 3 is 2.68 bits per heavy atom. The number of hydrogen-bond acceptors (Lipinski definition) is 3. The highest BCUT2D eigenvalue weighted by Crippen LogP contribution is 2.31. The maximum Gasteiger partial charge on any atom is 0.225 e. The van der Waals surface area contributed by atoms with Gasteiger partial charge in [-0.3, -0.25) is 9.79 Å². The van der Waals surface area contributed by atoms with Gasteiger partial charge < -0.3 is 20.7 Å². The van der Waals surface area contributed by atoms with E-state index in [0.29, 0.717) is 18.9 Å². The predicted molar refractivity (Wildman–Crippen MR) is 127 cm³/mol. The van der Waals surface area contributed by atoms with E-state index in [1.165, 1.54) is 5.56 Å². The molecule has 1 aliphatic rings. The molecule has 0 aliphatic carbocycles. The number of carbonyl (C=O) groups is 1. The van der Waals surface area contributed by atoms with Gasteiger partial charge in [-0.2, -0.15) is 0 Å². The summed E-state index contributed by atoms with van der Waals surface area (Å²) in [5.74, 6) is 2.36. The van der Waals surface area contributed by atoms with E-state index in [2.05, 4.69) is 54.9 Å². The maximum absolute atomic E-state index is 12.0. The van der Waals surface area contributed by atoms with Crippen LogP contribution in [-0.2, 0) is 11.2 Å². The van der Waals surface area contributed by atoms with E-state index in [0.717, 1.165) is 49.1 Å². The summed E-state index contributed by atoms with van der Waals surface area (Å²) < 4.78 is 5.75. The van der Waals surface area contributed by atoms with Crippen LogP contribution in [0.4, 0.5) is 5.69 Å². The van der Waals surface area contributed by atoms with E-state index < -0.39 is 0 Å². The standard InChI is InChI=1S/C25H34N4O2/c1-4-26-25(27-14-13-19-9-11-21(12-10-19)31-17-18(2)3)28-16-20-15-24(30)29-23-8-6-5-7-22(20)23/h5-12,18,20H,4,13-17H2,1-3H3,(H,29,30)(H2,26,27,28). The van der Waals surface area contributed by atoms with Crippen molar-refractivity contribution >= 4 is 17.6 Å². The molecule has 0 aromatic heterocycles. The van der Waals surface area contributed by atoms with Gasteiger partial charge in [0.25, 0.3) is 0 Å². The van der Waals surface area contributed by atoms with Crippen LogP contribution in [-0.4, -0.2) is 38.1 Å². The lowest BCUT2D eigenvalue weighted by atomic mass is 9.91. The van der Waals surface area contributed by atoms with E-state index in [9.17, 15) is 4.79 Å². The number of anilines is 1. The van der Waals surface area contributed by atoms with Crippen molar-refractivity contribution in [3.05, 3.63) is 59.7 Å². The van der Waals surface area contributed by atoms with Crippen LogP contribution in [0.2, 0.25) is 0 Å². The minimum absolute atomic E-state index is 0.0534. The van der Waals surface area contributed by atoms with Crippen molar-refractivity contribution in [1.29, 1.82) is 0 Å². The first-order valence-corrected chi connectivity index (χ1v) is 11.2. The topological polar surface area (TPSA) is 74.8 Å². The number of nitrogens with zero attached hydrogens (tertiary/aromatic N) is 1. The van der Waals surface area contributed by atoms with Gasteiger partial charge in [0.1, 0.15) is 5.75 Å². The van der Waals surface area contributed by atoms with Crippen molar-refractivity contribution < 1.29 is 9.53 Å². The molecule has 3 N–H and O–H groups in total. The second-order valence-corrected chi connectivity index (χ2v) is 8.28. The molecule has 0 saturated carbocycles. The van der Waals surface area contributed by atoms with Crippen LogP contribution < -0.4 is 20.7 Å². The van der Waals surface area contributed by atoms with Crippen LogP contribution >= 0.6 is 0 Å². The van der Waals surface area contributed by atoms with Crippen LogP contribution in [0.1, 0.15) is 44.2 Å². The van der Waals surface area contributed by atoms with E-state index in [4.69, 9.17) is 9.73 Å². The zero-order chi connectivity index (χ0) is 22.1.